The minimum absolute atomic E-state index is 0.228. The van der Waals surface area contributed by atoms with E-state index in [2.05, 4.69) is 17.2 Å². The van der Waals surface area contributed by atoms with Crippen LogP contribution in [0.2, 0.25) is 0 Å². The first-order chi connectivity index (χ1) is 18.4. The first-order valence-corrected chi connectivity index (χ1v) is 13.5. The Morgan fingerprint density at radius 1 is 1.13 bits per heavy atom. The molecule has 1 aliphatic rings. The number of aromatic nitrogens is 1. The second-order valence-electron chi connectivity index (χ2n) is 9.35. The van der Waals surface area contributed by atoms with Crippen LogP contribution >= 0.6 is 11.3 Å². The molecule has 8 nitrogen and oxygen atoms in total. The third-order valence-corrected chi connectivity index (χ3v) is 7.72. The number of nitrogens with zero attached hydrogens (tertiary/aromatic N) is 1. The number of esters is 2. The molecule has 5 rings (SSSR count). The zero-order valence-corrected chi connectivity index (χ0v) is 22.2. The maximum Gasteiger partial charge on any atom is 0.341 e. The molecule has 1 amide bonds. The Balaban J connectivity index is 1.35. The van der Waals surface area contributed by atoms with Gasteiger partial charge in [-0.25, -0.2) is 14.6 Å². The second-order valence-corrected chi connectivity index (χ2v) is 10.5. The number of ether oxygens (including phenoxy) is 2. The van der Waals surface area contributed by atoms with Crippen molar-refractivity contribution in [3.63, 3.8) is 0 Å². The van der Waals surface area contributed by atoms with Gasteiger partial charge in [0.25, 0.3) is 5.91 Å². The lowest BCUT2D eigenvalue weighted by atomic mass is 9.88. The maximum absolute atomic E-state index is 13.1. The van der Waals surface area contributed by atoms with Gasteiger partial charge >= 0.3 is 11.9 Å². The van der Waals surface area contributed by atoms with Gasteiger partial charge in [-0.05, 0) is 68.9 Å². The number of thiophene rings is 1. The van der Waals surface area contributed by atoms with Gasteiger partial charge in [-0.15, -0.1) is 11.3 Å². The fourth-order valence-electron chi connectivity index (χ4n) is 4.58. The molecule has 0 aliphatic heterocycles. The van der Waals surface area contributed by atoms with Crippen LogP contribution < -0.4 is 5.32 Å². The van der Waals surface area contributed by atoms with Gasteiger partial charge in [-0.2, -0.15) is 0 Å². The molecular formula is C29H28N2O6S. The standard InChI is InChI=1S/C29H28N2O6S/c1-4-35-29(34)24-20-14-13-16(2)15-23(20)38-27(24)31-25(32)17(3)36-28(33)19-10-6-5-9-18(19)26-30-21-11-7-8-12-22(21)37-26/h5-12,16-17H,4,13-15H2,1-3H3,(H,31,32). The molecule has 38 heavy (non-hydrogen) atoms. The number of benzene rings is 2. The molecule has 0 saturated heterocycles. The molecule has 0 saturated carbocycles. The number of para-hydroxylation sites is 2. The highest BCUT2D eigenvalue weighted by Gasteiger charge is 2.31. The molecule has 9 heteroatoms. The lowest BCUT2D eigenvalue weighted by molar-refractivity contribution is -0.123. The molecule has 0 bridgehead atoms. The number of nitrogens with one attached hydrogen (secondary N) is 1. The minimum Gasteiger partial charge on any atom is -0.462 e. The van der Waals surface area contributed by atoms with Crippen LogP contribution in [0.4, 0.5) is 5.00 Å². The Morgan fingerprint density at radius 2 is 1.89 bits per heavy atom. The summed E-state index contributed by atoms with van der Waals surface area (Å²) in [5.74, 6) is -0.883. The van der Waals surface area contributed by atoms with E-state index in [1.165, 1.54) is 18.3 Å². The number of hydrogen-bond donors (Lipinski definition) is 1. The van der Waals surface area contributed by atoms with Gasteiger partial charge in [0.05, 0.1) is 23.3 Å². The van der Waals surface area contributed by atoms with E-state index < -0.39 is 23.9 Å². The Bertz CT molecular complexity index is 1490. The van der Waals surface area contributed by atoms with Gasteiger partial charge in [0.1, 0.15) is 10.5 Å². The van der Waals surface area contributed by atoms with Crippen molar-refractivity contribution in [1.29, 1.82) is 0 Å². The summed E-state index contributed by atoms with van der Waals surface area (Å²) < 4.78 is 16.7. The van der Waals surface area contributed by atoms with Crippen molar-refractivity contribution in [2.24, 2.45) is 5.92 Å². The normalized spacial score (nSPS) is 15.5. The van der Waals surface area contributed by atoms with Crippen molar-refractivity contribution in [1.82, 2.24) is 4.98 Å². The van der Waals surface area contributed by atoms with Crippen LogP contribution in [0.15, 0.2) is 52.9 Å². The quantitative estimate of drug-likeness (QED) is 0.289. The highest BCUT2D eigenvalue weighted by molar-refractivity contribution is 7.17. The minimum atomic E-state index is -1.12. The Morgan fingerprint density at radius 3 is 2.68 bits per heavy atom. The molecule has 4 aromatic rings. The largest absolute Gasteiger partial charge is 0.462 e. The molecule has 2 aromatic heterocycles. The first-order valence-electron chi connectivity index (χ1n) is 12.6. The molecule has 0 radical (unpaired) electrons. The van der Waals surface area contributed by atoms with Crippen molar-refractivity contribution >= 4 is 45.3 Å². The monoisotopic (exact) mass is 532 g/mol. The van der Waals surface area contributed by atoms with Gasteiger partial charge in [0.2, 0.25) is 5.89 Å². The van der Waals surface area contributed by atoms with Crippen LogP contribution in [0.3, 0.4) is 0 Å². The summed E-state index contributed by atoms with van der Waals surface area (Å²) >= 11 is 1.39. The van der Waals surface area contributed by atoms with Crippen LogP contribution in [-0.2, 0) is 27.1 Å². The van der Waals surface area contributed by atoms with Crippen molar-refractivity contribution in [3.05, 3.63) is 70.1 Å². The number of carbonyl (C=O) groups excluding carboxylic acids is 3. The van der Waals surface area contributed by atoms with Gasteiger partial charge in [-0.3, -0.25) is 4.79 Å². The summed E-state index contributed by atoms with van der Waals surface area (Å²) in [5, 5.41) is 3.25. The smallest absolute Gasteiger partial charge is 0.341 e. The molecule has 2 unspecified atom stereocenters. The van der Waals surface area contributed by atoms with E-state index in [9.17, 15) is 14.4 Å². The van der Waals surface area contributed by atoms with Crippen LogP contribution in [0.5, 0.6) is 0 Å². The topological polar surface area (TPSA) is 108 Å². The molecule has 1 aliphatic carbocycles. The molecule has 2 heterocycles. The number of anilines is 1. The predicted octanol–water partition coefficient (Wildman–Crippen LogP) is 6.04. The van der Waals surface area contributed by atoms with E-state index in [1.807, 2.05) is 18.2 Å². The maximum atomic E-state index is 13.1. The number of fused-ring (bicyclic) bond motifs is 2. The Labute approximate surface area is 224 Å². The summed E-state index contributed by atoms with van der Waals surface area (Å²) in [5.41, 5.74) is 3.32. The number of hydrogen-bond acceptors (Lipinski definition) is 8. The average Bonchev–Trinajstić information content (AvgIpc) is 3.49. The molecule has 1 N–H and O–H groups in total. The third-order valence-electron chi connectivity index (χ3n) is 6.55. The summed E-state index contributed by atoms with van der Waals surface area (Å²) in [7, 11) is 0. The van der Waals surface area contributed by atoms with Crippen LogP contribution in [-0.4, -0.2) is 35.5 Å². The molecular weight excluding hydrogens is 504 g/mol. The summed E-state index contributed by atoms with van der Waals surface area (Å²) in [6.07, 6.45) is 1.46. The van der Waals surface area contributed by atoms with Gasteiger partial charge < -0.3 is 19.2 Å². The van der Waals surface area contributed by atoms with Crippen molar-refractivity contribution in [3.8, 4) is 11.5 Å². The fraction of sp³-hybridized carbons (Fsp3) is 0.310. The number of oxazole rings is 1. The summed E-state index contributed by atoms with van der Waals surface area (Å²) in [6, 6.07) is 14.1. The zero-order chi connectivity index (χ0) is 26.8. The van der Waals surface area contributed by atoms with Crippen molar-refractivity contribution in [2.45, 2.75) is 46.1 Å². The van der Waals surface area contributed by atoms with Crippen LogP contribution in [0.1, 0.15) is 58.3 Å². The summed E-state index contributed by atoms with van der Waals surface area (Å²) in [6.45, 7) is 5.65. The van der Waals surface area contributed by atoms with E-state index in [-0.39, 0.29) is 18.1 Å². The van der Waals surface area contributed by atoms with Crippen LogP contribution in [0, 0.1) is 5.92 Å². The van der Waals surface area contributed by atoms with Gasteiger partial charge in [-0.1, -0.05) is 31.2 Å². The lowest BCUT2D eigenvalue weighted by Crippen LogP contribution is -2.30. The molecule has 2 atom stereocenters. The summed E-state index contributed by atoms with van der Waals surface area (Å²) in [4.78, 5) is 44.6. The van der Waals surface area contributed by atoms with Crippen LogP contribution in [0.25, 0.3) is 22.6 Å². The SMILES string of the molecule is CCOC(=O)c1c(NC(=O)C(C)OC(=O)c2ccccc2-c2nc3ccccc3o2)sc2c1CCC(C)C2. The highest BCUT2D eigenvalue weighted by Crippen LogP contribution is 2.40. The predicted molar refractivity (Wildman–Crippen MR) is 144 cm³/mol. The molecule has 0 spiro atoms. The zero-order valence-electron chi connectivity index (χ0n) is 21.4. The average molecular weight is 533 g/mol. The number of rotatable bonds is 7. The molecule has 0 fully saturated rings. The third kappa shape index (κ3) is 5.06. The van der Waals surface area contributed by atoms with E-state index in [0.717, 1.165) is 29.7 Å². The Hall–Kier alpha value is -3.98. The second kappa shape index (κ2) is 10.8. The fourth-order valence-corrected chi connectivity index (χ4v) is 5.99. The number of carbonyl (C=O) groups is 3. The first kappa shape index (κ1) is 25.7. The van der Waals surface area contributed by atoms with Crippen molar-refractivity contribution < 1.29 is 28.3 Å². The van der Waals surface area contributed by atoms with E-state index in [0.29, 0.717) is 33.1 Å². The van der Waals surface area contributed by atoms with Crippen molar-refractivity contribution in [2.75, 3.05) is 11.9 Å². The number of amides is 1. The Kier molecular flexibility index (Phi) is 7.28. The molecule has 196 valence electrons. The van der Waals surface area contributed by atoms with E-state index in [4.69, 9.17) is 13.9 Å². The van der Waals surface area contributed by atoms with E-state index in [1.54, 1.807) is 37.3 Å². The lowest BCUT2D eigenvalue weighted by Gasteiger charge is -2.18. The van der Waals surface area contributed by atoms with Gasteiger partial charge in [0, 0.05) is 4.88 Å². The highest BCUT2D eigenvalue weighted by atomic mass is 32.1. The van der Waals surface area contributed by atoms with Gasteiger partial charge in [0.15, 0.2) is 11.7 Å². The van der Waals surface area contributed by atoms with E-state index >= 15 is 0 Å². The molecule has 2 aromatic carbocycles.